The van der Waals surface area contributed by atoms with Gasteiger partial charge in [-0.3, -0.25) is 0 Å². The van der Waals surface area contributed by atoms with Gasteiger partial charge in [0.05, 0.1) is 21.9 Å². The summed E-state index contributed by atoms with van der Waals surface area (Å²) in [6, 6.07) is 5.50. The molecule has 0 aliphatic rings. The first-order chi connectivity index (χ1) is 8.61. The van der Waals surface area contributed by atoms with Crippen molar-refractivity contribution < 1.29 is 0 Å². The van der Waals surface area contributed by atoms with Gasteiger partial charge in [0.1, 0.15) is 10.2 Å². The van der Waals surface area contributed by atoms with Crippen LogP contribution in [0.25, 0.3) is 0 Å². The molecular weight excluding hydrogens is 311 g/mol. The van der Waals surface area contributed by atoms with Gasteiger partial charge in [-0.05, 0) is 18.6 Å². The number of aryl methyl sites for hydroxylation is 1. The second-order valence-corrected chi connectivity index (χ2v) is 5.66. The molecular formula is C12H9Cl3N2S. The molecule has 1 aromatic heterocycles. The van der Waals surface area contributed by atoms with Gasteiger partial charge in [0, 0.05) is 4.90 Å². The Morgan fingerprint density at radius 2 is 2.00 bits per heavy atom. The molecule has 6 heteroatoms. The number of benzene rings is 1. The summed E-state index contributed by atoms with van der Waals surface area (Å²) in [5, 5.41) is 2.25. The summed E-state index contributed by atoms with van der Waals surface area (Å²) in [5.74, 6) is 0. The molecule has 94 valence electrons. The molecule has 2 nitrogen and oxygen atoms in total. The lowest BCUT2D eigenvalue weighted by molar-refractivity contribution is 0.910. The van der Waals surface area contributed by atoms with Crippen molar-refractivity contribution in [2.45, 2.75) is 23.3 Å². The lowest BCUT2D eigenvalue weighted by atomic mass is 10.3. The van der Waals surface area contributed by atoms with Crippen LogP contribution in [0, 0.1) is 0 Å². The molecule has 0 spiro atoms. The molecule has 0 aliphatic carbocycles. The minimum Gasteiger partial charge on any atom is -0.244 e. The standard InChI is InChI=1S/C12H9Cl3N2S/c1-2-8-12(16-6-10(14)17-8)18-9-5-3-4-7(13)11(9)15/h3-6H,2H2,1H3. The average molecular weight is 320 g/mol. The third-order valence-electron chi connectivity index (χ3n) is 2.23. The Balaban J connectivity index is 2.37. The number of hydrogen-bond acceptors (Lipinski definition) is 3. The smallest absolute Gasteiger partial charge is 0.147 e. The van der Waals surface area contributed by atoms with E-state index < -0.39 is 0 Å². The molecule has 0 N–H and O–H groups in total. The molecule has 1 heterocycles. The zero-order valence-electron chi connectivity index (χ0n) is 9.45. The molecule has 0 atom stereocenters. The lowest BCUT2D eigenvalue weighted by Gasteiger charge is -2.08. The summed E-state index contributed by atoms with van der Waals surface area (Å²) in [7, 11) is 0. The molecule has 0 bridgehead atoms. The Bertz CT molecular complexity index is 575. The number of rotatable bonds is 3. The van der Waals surface area contributed by atoms with Gasteiger partial charge >= 0.3 is 0 Å². The van der Waals surface area contributed by atoms with E-state index in [0.29, 0.717) is 15.2 Å². The Morgan fingerprint density at radius 3 is 2.72 bits per heavy atom. The molecule has 2 aromatic rings. The molecule has 0 saturated carbocycles. The van der Waals surface area contributed by atoms with Crippen LogP contribution in [-0.4, -0.2) is 9.97 Å². The molecule has 0 saturated heterocycles. The van der Waals surface area contributed by atoms with Crippen LogP contribution in [-0.2, 0) is 6.42 Å². The van der Waals surface area contributed by atoms with E-state index in [1.165, 1.54) is 18.0 Å². The fourth-order valence-corrected chi connectivity index (χ4v) is 2.97. The Morgan fingerprint density at radius 1 is 1.22 bits per heavy atom. The molecule has 0 fully saturated rings. The van der Waals surface area contributed by atoms with Crippen molar-refractivity contribution in [1.29, 1.82) is 0 Å². The van der Waals surface area contributed by atoms with Crippen LogP contribution in [0.1, 0.15) is 12.6 Å². The van der Waals surface area contributed by atoms with Crippen LogP contribution in [0.4, 0.5) is 0 Å². The zero-order valence-corrected chi connectivity index (χ0v) is 12.5. The molecule has 18 heavy (non-hydrogen) atoms. The van der Waals surface area contributed by atoms with E-state index >= 15 is 0 Å². The maximum atomic E-state index is 6.14. The fraction of sp³-hybridized carbons (Fsp3) is 0.167. The summed E-state index contributed by atoms with van der Waals surface area (Å²) >= 11 is 19.4. The van der Waals surface area contributed by atoms with Gasteiger partial charge in [-0.1, -0.05) is 59.6 Å². The molecule has 2 rings (SSSR count). The number of hydrogen-bond donors (Lipinski definition) is 0. The van der Waals surface area contributed by atoms with Crippen molar-refractivity contribution in [3.63, 3.8) is 0 Å². The normalized spacial score (nSPS) is 10.7. The van der Waals surface area contributed by atoms with E-state index in [1.54, 1.807) is 6.07 Å². The Labute approximate surface area is 125 Å². The van der Waals surface area contributed by atoms with Crippen molar-refractivity contribution in [1.82, 2.24) is 9.97 Å². The van der Waals surface area contributed by atoms with Gasteiger partial charge in [-0.15, -0.1) is 0 Å². The summed E-state index contributed by atoms with van der Waals surface area (Å²) in [6.07, 6.45) is 2.29. The summed E-state index contributed by atoms with van der Waals surface area (Å²) in [5.41, 5.74) is 0.851. The molecule has 0 amide bonds. The Hall–Kier alpha value is -0.480. The maximum absolute atomic E-state index is 6.14. The van der Waals surface area contributed by atoms with Gasteiger partial charge < -0.3 is 0 Å². The van der Waals surface area contributed by atoms with E-state index in [0.717, 1.165) is 22.0 Å². The highest BCUT2D eigenvalue weighted by atomic mass is 35.5. The predicted molar refractivity (Wildman–Crippen MR) is 77.0 cm³/mol. The van der Waals surface area contributed by atoms with Crippen molar-refractivity contribution in [2.24, 2.45) is 0 Å². The van der Waals surface area contributed by atoms with Crippen LogP contribution < -0.4 is 0 Å². The predicted octanol–water partition coefficient (Wildman–Crippen LogP) is 5.15. The molecule has 0 radical (unpaired) electrons. The molecule has 0 aliphatic heterocycles. The highest BCUT2D eigenvalue weighted by molar-refractivity contribution is 7.99. The summed E-state index contributed by atoms with van der Waals surface area (Å²) in [6.45, 7) is 2.00. The highest BCUT2D eigenvalue weighted by Gasteiger charge is 2.11. The molecule has 0 unspecified atom stereocenters. The van der Waals surface area contributed by atoms with Gasteiger partial charge in [0.25, 0.3) is 0 Å². The second-order valence-electron chi connectivity index (χ2n) is 3.45. The van der Waals surface area contributed by atoms with Crippen molar-refractivity contribution >= 4 is 46.6 Å². The summed E-state index contributed by atoms with van der Waals surface area (Å²) in [4.78, 5) is 9.38. The number of nitrogens with zero attached hydrogens (tertiary/aromatic N) is 2. The van der Waals surface area contributed by atoms with Gasteiger partial charge in [-0.2, -0.15) is 0 Å². The largest absolute Gasteiger partial charge is 0.244 e. The first kappa shape index (κ1) is 13.9. The number of halogens is 3. The lowest BCUT2D eigenvalue weighted by Crippen LogP contribution is -1.94. The van der Waals surface area contributed by atoms with Crippen LogP contribution in [0.5, 0.6) is 0 Å². The zero-order chi connectivity index (χ0) is 13.1. The average Bonchev–Trinajstić information content (AvgIpc) is 2.37. The van der Waals surface area contributed by atoms with Crippen LogP contribution in [0.2, 0.25) is 15.2 Å². The fourth-order valence-electron chi connectivity index (χ4n) is 1.37. The topological polar surface area (TPSA) is 25.8 Å². The van der Waals surface area contributed by atoms with E-state index in [4.69, 9.17) is 34.8 Å². The van der Waals surface area contributed by atoms with Crippen molar-refractivity contribution in [3.05, 3.63) is 45.3 Å². The number of aromatic nitrogens is 2. The van der Waals surface area contributed by atoms with Crippen LogP contribution in [0.15, 0.2) is 34.3 Å². The quantitative estimate of drug-likeness (QED) is 0.782. The first-order valence-electron chi connectivity index (χ1n) is 5.25. The van der Waals surface area contributed by atoms with Crippen LogP contribution >= 0.6 is 46.6 Å². The monoisotopic (exact) mass is 318 g/mol. The van der Waals surface area contributed by atoms with E-state index in [1.807, 2.05) is 19.1 Å². The van der Waals surface area contributed by atoms with Crippen molar-refractivity contribution in [3.8, 4) is 0 Å². The van der Waals surface area contributed by atoms with Crippen LogP contribution in [0.3, 0.4) is 0 Å². The second kappa shape index (κ2) is 6.11. The molecule has 1 aromatic carbocycles. The van der Waals surface area contributed by atoms with Gasteiger partial charge in [0.2, 0.25) is 0 Å². The van der Waals surface area contributed by atoms with Gasteiger partial charge in [-0.25, -0.2) is 9.97 Å². The van der Waals surface area contributed by atoms with E-state index in [2.05, 4.69) is 9.97 Å². The minimum atomic E-state index is 0.397. The maximum Gasteiger partial charge on any atom is 0.147 e. The van der Waals surface area contributed by atoms with E-state index in [9.17, 15) is 0 Å². The highest BCUT2D eigenvalue weighted by Crippen LogP contribution is 2.37. The minimum absolute atomic E-state index is 0.397. The SMILES string of the molecule is CCc1nc(Cl)cnc1Sc1cccc(Cl)c1Cl. The summed E-state index contributed by atoms with van der Waals surface area (Å²) < 4.78 is 0. The Kier molecular flexibility index (Phi) is 4.73. The third-order valence-corrected chi connectivity index (χ3v) is 4.44. The van der Waals surface area contributed by atoms with E-state index in [-0.39, 0.29) is 0 Å². The van der Waals surface area contributed by atoms with Gasteiger partial charge in [0.15, 0.2) is 0 Å². The van der Waals surface area contributed by atoms with Crippen molar-refractivity contribution in [2.75, 3.05) is 0 Å². The first-order valence-corrected chi connectivity index (χ1v) is 7.20. The third kappa shape index (κ3) is 3.09.